The van der Waals surface area contributed by atoms with Gasteiger partial charge >= 0.3 is 0 Å². The molecule has 0 unspecified atom stereocenters. The van der Waals surface area contributed by atoms with E-state index in [1.165, 1.54) is 16.5 Å². The van der Waals surface area contributed by atoms with Crippen LogP contribution in [0.2, 0.25) is 5.02 Å². The lowest BCUT2D eigenvalue weighted by atomic mass is 10.1. The second-order valence-electron chi connectivity index (χ2n) is 5.65. The minimum atomic E-state index is -0.0795. The fraction of sp³-hybridized carbons (Fsp3) is 0.100. The Morgan fingerprint density at radius 1 is 1.20 bits per heavy atom. The molecule has 2 heterocycles. The summed E-state index contributed by atoms with van der Waals surface area (Å²) in [5.74, 6) is 0. The first-order chi connectivity index (χ1) is 12.2. The highest BCUT2D eigenvalue weighted by Crippen LogP contribution is 2.22. The highest BCUT2D eigenvalue weighted by molar-refractivity contribution is 7.18. The lowest BCUT2D eigenvalue weighted by molar-refractivity contribution is -0.665. The molecule has 0 N–H and O–H groups in total. The first kappa shape index (κ1) is 16.1. The molecule has 0 spiro atoms. The van der Waals surface area contributed by atoms with Crippen molar-refractivity contribution in [1.82, 2.24) is 0 Å². The van der Waals surface area contributed by atoms with E-state index in [1.807, 2.05) is 24.3 Å². The number of benzene rings is 2. The summed E-state index contributed by atoms with van der Waals surface area (Å²) in [5, 5.41) is 2.11. The summed E-state index contributed by atoms with van der Waals surface area (Å²) in [6.45, 7) is 2.98. The van der Waals surface area contributed by atoms with Gasteiger partial charge in [0.1, 0.15) is 23.1 Å². The maximum Gasteiger partial charge on any atom is 0.262 e. The summed E-state index contributed by atoms with van der Waals surface area (Å²) in [5.41, 5.74) is 2.17. The Morgan fingerprint density at radius 3 is 2.88 bits per heavy atom. The number of halogens is 1. The molecular formula is C20H15ClNO2S+. The molecule has 0 aliphatic heterocycles. The average Bonchev–Trinajstić information content (AvgIpc) is 2.99. The Balaban J connectivity index is 1.81. The van der Waals surface area contributed by atoms with Crippen LogP contribution in [0.3, 0.4) is 0 Å². The van der Waals surface area contributed by atoms with Gasteiger partial charge in [0.05, 0.1) is 10.9 Å². The largest absolute Gasteiger partial charge is 0.463 e. The zero-order chi connectivity index (χ0) is 17.4. The van der Waals surface area contributed by atoms with Crippen molar-refractivity contribution < 1.29 is 8.98 Å². The summed E-state index contributed by atoms with van der Waals surface area (Å²) in [4.78, 5) is 12.7. The highest BCUT2D eigenvalue weighted by Gasteiger charge is 2.16. The van der Waals surface area contributed by atoms with Crippen molar-refractivity contribution in [3.63, 3.8) is 0 Å². The number of thiazole rings is 1. The van der Waals surface area contributed by atoms with Gasteiger partial charge in [0.25, 0.3) is 5.01 Å². The van der Waals surface area contributed by atoms with Crippen LogP contribution in [-0.2, 0) is 6.54 Å². The second-order valence-corrected chi connectivity index (χ2v) is 7.14. The number of nitrogens with zero attached hydrogens (tertiary/aromatic N) is 1. The van der Waals surface area contributed by atoms with Crippen molar-refractivity contribution in [3.8, 4) is 0 Å². The molecule has 4 rings (SSSR count). The standard InChI is InChI=1S/C20H15ClNO2S/c1-2-22-16-5-3-4-6-18(16)25-19(22)10-7-13-12-24-17-9-8-14(21)11-15(17)20(13)23/h3-12H,2H2,1H3/q+1. The van der Waals surface area contributed by atoms with E-state index < -0.39 is 0 Å². The van der Waals surface area contributed by atoms with E-state index in [0.717, 1.165) is 11.6 Å². The number of para-hydroxylation sites is 1. The molecule has 4 aromatic rings. The van der Waals surface area contributed by atoms with Gasteiger partial charge in [0.2, 0.25) is 5.52 Å². The van der Waals surface area contributed by atoms with Crippen molar-refractivity contribution >= 4 is 56.3 Å². The average molecular weight is 369 g/mol. The molecule has 3 nitrogen and oxygen atoms in total. The van der Waals surface area contributed by atoms with Crippen LogP contribution >= 0.6 is 22.9 Å². The van der Waals surface area contributed by atoms with E-state index in [-0.39, 0.29) is 5.43 Å². The van der Waals surface area contributed by atoms with Gasteiger partial charge in [-0.15, -0.1) is 0 Å². The number of aromatic nitrogens is 1. The monoisotopic (exact) mass is 368 g/mol. The lowest BCUT2D eigenvalue weighted by Gasteiger charge is -1.98. The van der Waals surface area contributed by atoms with Gasteiger partial charge in [-0.2, -0.15) is 4.57 Å². The van der Waals surface area contributed by atoms with Crippen molar-refractivity contribution in [2.45, 2.75) is 13.5 Å². The first-order valence-electron chi connectivity index (χ1n) is 7.98. The van der Waals surface area contributed by atoms with Gasteiger partial charge in [0, 0.05) is 17.2 Å². The molecule has 0 atom stereocenters. The first-order valence-corrected chi connectivity index (χ1v) is 9.17. The summed E-state index contributed by atoms with van der Waals surface area (Å²) in [6.07, 6.45) is 5.28. The number of aryl methyl sites for hydroxylation is 1. The maximum atomic E-state index is 12.7. The van der Waals surface area contributed by atoms with Gasteiger partial charge < -0.3 is 4.42 Å². The van der Waals surface area contributed by atoms with Crippen LogP contribution in [0.1, 0.15) is 17.5 Å². The van der Waals surface area contributed by atoms with Crippen molar-refractivity contribution in [1.29, 1.82) is 0 Å². The maximum absolute atomic E-state index is 12.7. The van der Waals surface area contributed by atoms with Crippen LogP contribution in [0.5, 0.6) is 0 Å². The third kappa shape index (κ3) is 2.88. The van der Waals surface area contributed by atoms with Crippen LogP contribution in [0.4, 0.5) is 0 Å². The highest BCUT2D eigenvalue weighted by atomic mass is 35.5. The predicted molar refractivity (Wildman–Crippen MR) is 104 cm³/mol. The normalized spacial score (nSPS) is 11.8. The van der Waals surface area contributed by atoms with Crippen LogP contribution in [0.15, 0.2) is 57.9 Å². The molecule has 124 valence electrons. The quantitative estimate of drug-likeness (QED) is 0.469. The Kier molecular flexibility index (Phi) is 4.15. The minimum absolute atomic E-state index is 0.0795. The zero-order valence-corrected chi connectivity index (χ0v) is 15.1. The lowest BCUT2D eigenvalue weighted by Crippen LogP contribution is -2.33. The van der Waals surface area contributed by atoms with Gasteiger partial charge in [-0.1, -0.05) is 35.1 Å². The van der Waals surface area contributed by atoms with Crippen LogP contribution < -0.4 is 10.00 Å². The molecule has 0 aliphatic rings. The molecule has 2 aromatic heterocycles. The van der Waals surface area contributed by atoms with E-state index in [0.29, 0.717) is 21.6 Å². The molecule has 0 amide bonds. The Labute approximate surface area is 153 Å². The SMILES string of the molecule is CC[n+]1c(C=Cc2coc3ccc(Cl)cc3c2=O)sc2ccccc21. The molecule has 25 heavy (non-hydrogen) atoms. The van der Waals surface area contributed by atoms with Gasteiger partial charge in [0.15, 0.2) is 5.43 Å². The third-order valence-electron chi connectivity index (χ3n) is 4.12. The van der Waals surface area contributed by atoms with Gasteiger partial charge in [-0.25, -0.2) is 0 Å². The Bertz CT molecular complexity index is 1170. The second kappa shape index (κ2) is 6.47. The number of hydrogen-bond acceptors (Lipinski definition) is 3. The summed E-state index contributed by atoms with van der Waals surface area (Å²) in [6, 6.07) is 13.4. The van der Waals surface area contributed by atoms with Gasteiger partial charge in [-0.3, -0.25) is 4.79 Å². The smallest absolute Gasteiger partial charge is 0.262 e. The van der Waals surface area contributed by atoms with E-state index in [1.54, 1.807) is 29.5 Å². The molecule has 0 saturated carbocycles. The van der Waals surface area contributed by atoms with Crippen molar-refractivity contribution in [2.75, 3.05) is 0 Å². The molecule has 0 saturated heterocycles. The number of hydrogen-bond donors (Lipinski definition) is 0. The van der Waals surface area contributed by atoms with Gasteiger partial charge in [-0.05, 0) is 37.3 Å². The minimum Gasteiger partial charge on any atom is -0.463 e. The fourth-order valence-corrected chi connectivity index (χ4v) is 4.20. The fourth-order valence-electron chi connectivity index (χ4n) is 2.90. The van der Waals surface area contributed by atoms with Crippen LogP contribution in [0.25, 0.3) is 33.3 Å². The molecule has 5 heteroatoms. The van der Waals surface area contributed by atoms with E-state index >= 15 is 0 Å². The molecule has 2 aromatic carbocycles. The molecule has 0 radical (unpaired) electrons. The Hall–Kier alpha value is -2.43. The van der Waals surface area contributed by atoms with E-state index in [4.69, 9.17) is 16.0 Å². The third-order valence-corrected chi connectivity index (χ3v) is 5.49. The molecule has 0 fully saturated rings. The molecular weight excluding hydrogens is 354 g/mol. The topological polar surface area (TPSA) is 34.1 Å². The van der Waals surface area contributed by atoms with Crippen molar-refractivity contribution in [3.05, 3.63) is 74.5 Å². The molecule has 0 bridgehead atoms. The van der Waals surface area contributed by atoms with E-state index in [9.17, 15) is 4.79 Å². The van der Waals surface area contributed by atoms with E-state index in [2.05, 4.69) is 23.6 Å². The summed E-state index contributed by atoms with van der Waals surface area (Å²) >= 11 is 7.70. The predicted octanol–water partition coefficient (Wildman–Crippen LogP) is 5.14. The van der Waals surface area contributed by atoms with Crippen molar-refractivity contribution in [2.24, 2.45) is 0 Å². The number of rotatable bonds is 3. The molecule has 0 aliphatic carbocycles. The van der Waals surface area contributed by atoms with Crippen LogP contribution in [0, 0.1) is 0 Å². The summed E-state index contributed by atoms with van der Waals surface area (Å²) in [7, 11) is 0. The number of fused-ring (bicyclic) bond motifs is 2. The summed E-state index contributed by atoms with van der Waals surface area (Å²) < 4.78 is 9.02. The Morgan fingerprint density at radius 2 is 2.04 bits per heavy atom. The zero-order valence-electron chi connectivity index (χ0n) is 13.5. The van der Waals surface area contributed by atoms with Crippen LogP contribution in [-0.4, -0.2) is 0 Å².